The third-order valence-electron chi connectivity index (χ3n) is 3.43. The minimum Gasteiger partial charge on any atom is -0.468 e. The Kier molecular flexibility index (Phi) is 5.01. The van der Waals surface area contributed by atoms with Gasteiger partial charge in [0.2, 0.25) is 10.0 Å². The van der Waals surface area contributed by atoms with Crippen LogP contribution in [0, 0.1) is 0 Å². The molecule has 3 rings (SSSR count). The van der Waals surface area contributed by atoms with Crippen LogP contribution in [-0.4, -0.2) is 14.3 Å². The first kappa shape index (κ1) is 17.0. The second-order valence-electron chi connectivity index (χ2n) is 5.19. The summed E-state index contributed by atoms with van der Waals surface area (Å²) in [5.41, 5.74) is 0.243. The van der Waals surface area contributed by atoms with Crippen LogP contribution in [0.15, 0.2) is 74.8 Å². The smallest absolute Gasteiger partial charge is 0.251 e. The highest BCUT2D eigenvalue weighted by molar-refractivity contribution is 7.89. The molecule has 0 spiro atoms. The van der Waals surface area contributed by atoms with E-state index in [0.29, 0.717) is 11.5 Å². The molecule has 0 fully saturated rings. The molecule has 2 aromatic heterocycles. The maximum atomic E-state index is 12.3. The van der Waals surface area contributed by atoms with Crippen molar-refractivity contribution in [1.29, 1.82) is 0 Å². The standard InChI is InChI=1S/C17H16N2O5S/c20-17(18-11-14-5-2-8-23-14)13-4-1-7-16(10-13)25(21,22)19-12-15-6-3-9-24-15/h1-10,19H,11-12H2,(H,18,20). The second-order valence-corrected chi connectivity index (χ2v) is 6.96. The molecule has 25 heavy (non-hydrogen) atoms. The molecular formula is C17H16N2O5S. The van der Waals surface area contributed by atoms with Crippen LogP contribution in [0.2, 0.25) is 0 Å². The van der Waals surface area contributed by atoms with E-state index in [1.165, 1.54) is 30.7 Å². The lowest BCUT2D eigenvalue weighted by atomic mass is 10.2. The molecule has 0 aliphatic carbocycles. The molecule has 3 aromatic rings. The minimum atomic E-state index is -3.76. The Bertz CT molecular complexity index is 931. The van der Waals surface area contributed by atoms with Crippen molar-refractivity contribution in [2.75, 3.05) is 0 Å². The largest absolute Gasteiger partial charge is 0.468 e. The highest BCUT2D eigenvalue weighted by atomic mass is 32.2. The Balaban J connectivity index is 1.68. The lowest BCUT2D eigenvalue weighted by Crippen LogP contribution is -2.25. The number of hydrogen-bond acceptors (Lipinski definition) is 5. The van der Waals surface area contributed by atoms with Crippen LogP contribution in [0.25, 0.3) is 0 Å². The quantitative estimate of drug-likeness (QED) is 0.673. The summed E-state index contributed by atoms with van der Waals surface area (Å²) in [5.74, 6) is 0.715. The molecule has 0 saturated heterocycles. The number of amides is 1. The number of carbonyl (C=O) groups excluding carboxylic acids is 1. The van der Waals surface area contributed by atoms with E-state index in [4.69, 9.17) is 8.83 Å². The van der Waals surface area contributed by atoms with Crippen LogP contribution in [0.3, 0.4) is 0 Å². The van der Waals surface area contributed by atoms with E-state index in [1.54, 1.807) is 30.3 Å². The van der Waals surface area contributed by atoms with Gasteiger partial charge in [0.15, 0.2) is 0 Å². The monoisotopic (exact) mass is 360 g/mol. The van der Waals surface area contributed by atoms with Crippen LogP contribution in [0.1, 0.15) is 21.9 Å². The highest BCUT2D eigenvalue weighted by Crippen LogP contribution is 2.13. The molecule has 0 aliphatic rings. The Morgan fingerprint density at radius 3 is 2.24 bits per heavy atom. The SMILES string of the molecule is O=C(NCc1ccco1)c1cccc(S(=O)(=O)NCc2ccco2)c1. The second kappa shape index (κ2) is 7.37. The van der Waals surface area contributed by atoms with Gasteiger partial charge in [-0.3, -0.25) is 4.79 Å². The minimum absolute atomic E-state index is 0.00436. The van der Waals surface area contributed by atoms with E-state index in [9.17, 15) is 13.2 Å². The van der Waals surface area contributed by atoms with E-state index in [2.05, 4.69) is 10.0 Å². The molecule has 1 amide bonds. The molecular weight excluding hydrogens is 344 g/mol. The van der Waals surface area contributed by atoms with Crippen LogP contribution >= 0.6 is 0 Å². The summed E-state index contributed by atoms with van der Waals surface area (Å²) in [6.45, 7) is 0.254. The van der Waals surface area contributed by atoms with Gasteiger partial charge in [-0.15, -0.1) is 0 Å². The van der Waals surface area contributed by atoms with Gasteiger partial charge in [0.1, 0.15) is 11.5 Å². The summed E-state index contributed by atoms with van der Waals surface area (Å²) < 4.78 is 37.4. The number of carbonyl (C=O) groups is 1. The van der Waals surface area contributed by atoms with E-state index < -0.39 is 10.0 Å². The molecule has 1 aromatic carbocycles. The predicted molar refractivity (Wildman–Crippen MR) is 89.1 cm³/mol. The Morgan fingerprint density at radius 1 is 0.920 bits per heavy atom. The summed E-state index contributed by atoms with van der Waals surface area (Å²) in [4.78, 5) is 12.2. The lowest BCUT2D eigenvalue weighted by Gasteiger charge is -2.08. The van der Waals surface area contributed by atoms with Crippen molar-refractivity contribution >= 4 is 15.9 Å². The zero-order chi connectivity index (χ0) is 17.7. The summed E-state index contributed by atoms with van der Waals surface area (Å²) >= 11 is 0. The topological polar surface area (TPSA) is 102 Å². The average Bonchev–Trinajstić information content (AvgIpc) is 3.31. The van der Waals surface area contributed by atoms with Crippen molar-refractivity contribution in [2.24, 2.45) is 0 Å². The summed E-state index contributed by atoms with van der Waals surface area (Å²) in [7, 11) is -3.76. The highest BCUT2D eigenvalue weighted by Gasteiger charge is 2.16. The molecule has 0 bridgehead atoms. The van der Waals surface area contributed by atoms with Crippen LogP contribution in [0.4, 0.5) is 0 Å². The number of furan rings is 2. The van der Waals surface area contributed by atoms with E-state index in [1.807, 2.05) is 0 Å². The van der Waals surface area contributed by atoms with Gasteiger partial charge in [-0.2, -0.15) is 0 Å². The fraction of sp³-hybridized carbons (Fsp3) is 0.118. The van der Waals surface area contributed by atoms with E-state index in [-0.39, 0.29) is 29.5 Å². The van der Waals surface area contributed by atoms with Gasteiger partial charge in [0.25, 0.3) is 5.91 Å². The van der Waals surface area contributed by atoms with Gasteiger partial charge in [0.05, 0.1) is 30.5 Å². The van der Waals surface area contributed by atoms with Crippen molar-refractivity contribution in [3.8, 4) is 0 Å². The fourth-order valence-electron chi connectivity index (χ4n) is 2.15. The predicted octanol–water partition coefficient (Wildman–Crippen LogP) is 2.28. The van der Waals surface area contributed by atoms with Gasteiger partial charge >= 0.3 is 0 Å². The van der Waals surface area contributed by atoms with Crippen LogP contribution in [-0.2, 0) is 23.1 Å². The summed E-state index contributed by atoms with van der Waals surface area (Å²) in [5, 5.41) is 2.67. The molecule has 2 heterocycles. The molecule has 130 valence electrons. The Hall–Kier alpha value is -2.84. The first-order valence-electron chi connectivity index (χ1n) is 7.47. The maximum absolute atomic E-state index is 12.3. The van der Waals surface area contributed by atoms with Crippen molar-refractivity contribution < 1.29 is 22.0 Å². The molecule has 0 atom stereocenters. The summed E-state index contributed by atoms with van der Waals surface area (Å²) in [6, 6.07) is 12.6. The van der Waals surface area contributed by atoms with Crippen molar-refractivity contribution in [3.63, 3.8) is 0 Å². The number of hydrogen-bond donors (Lipinski definition) is 2. The molecule has 0 saturated carbocycles. The molecule has 8 heteroatoms. The number of nitrogens with one attached hydrogen (secondary N) is 2. The number of benzene rings is 1. The van der Waals surface area contributed by atoms with Gasteiger partial charge in [-0.25, -0.2) is 13.1 Å². The first-order valence-corrected chi connectivity index (χ1v) is 8.95. The van der Waals surface area contributed by atoms with Crippen molar-refractivity contribution in [2.45, 2.75) is 18.0 Å². The molecule has 0 radical (unpaired) electrons. The zero-order valence-corrected chi connectivity index (χ0v) is 14.0. The van der Waals surface area contributed by atoms with E-state index in [0.717, 1.165) is 0 Å². The lowest BCUT2D eigenvalue weighted by molar-refractivity contribution is 0.0948. The normalized spacial score (nSPS) is 11.4. The third kappa shape index (κ3) is 4.37. The number of rotatable bonds is 7. The maximum Gasteiger partial charge on any atom is 0.251 e. The first-order chi connectivity index (χ1) is 12.0. The van der Waals surface area contributed by atoms with Gasteiger partial charge in [-0.1, -0.05) is 6.07 Å². The Morgan fingerprint density at radius 2 is 1.60 bits per heavy atom. The van der Waals surface area contributed by atoms with Gasteiger partial charge < -0.3 is 14.2 Å². The molecule has 2 N–H and O–H groups in total. The van der Waals surface area contributed by atoms with E-state index >= 15 is 0 Å². The molecule has 0 unspecified atom stereocenters. The van der Waals surface area contributed by atoms with Crippen LogP contribution in [0.5, 0.6) is 0 Å². The van der Waals surface area contributed by atoms with Crippen LogP contribution < -0.4 is 10.0 Å². The zero-order valence-electron chi connectivity index (χ0n) is 13.1. The van der Waals surface area contributed by atoms with Crippen molar-refractivity contribution in [3.05, 3.63) is 78.1 Å². The fourth-order valence-corrected chi connectivity index (χ4v) is 3.19. The third-order valence-corrected chi connectivity index (χ3v) is 4.83. The average molecular weight is 360 g/mol. The Labute approximate surface area is 144 Å². The van der Waals surface area contributed by atoms with Crippen molar-refractivity contribution in [1.82, 2.24) is 10.0 Å². The number of sulfonamides is 1. The molecule has 7 nitrogen and oxygen atoms in total. The summed E-state index contributed by atoms with van der Waals surface area (Å²) in [6.07, 6.45) is 2.98. The molecule has 0 aliphatic heterocycles. The van der Waals surface area contributed by atoms with Gasteiger partial charge in [0, 0.05) is 5.56 Å². The van der Waals surface area contributed by atoms with Gasteiger partial charge in [-0.05, 0) is 42.5 Å².